The van der Waals surface area contributed by atoms with E-state index in [1.807, 2.05) is 43.3 Å². The molecule has 3 aromatic rings. The average molecular weight is 677 g/mol. The van der Waals surface area contributed by atoms with E-state index in [0.29, 0.717) is 54.7 Å². The van der Waals surface area contributed by atoms with E-state index in [2.05, 4.69) is 22.6 Å². The Morgan fingerprint density at radius 2 is 1.74 bits per heavy atom. The van der Waals surface area contributed by atoms with Gasteiger partial charge in [0.25, 0.3) is 5.91 Å². The van der Waals surface area contributed by atoms with Gasteiger partial charge in [0.05, 0.1) is 25.8 Å². The monoisotopic (exact) mass is 675 g/mol. The summed E-state index contributed by atoms with van der Waals surface area (Å²) in [5.74, 6) is 0.983. The van der Waals surface area contributed by atoms with Crippen molar-refractivity contribution >= 4 is 103 Å². The van der Waals surface area contributed by atoms with Crippen LogP contribution in [0.3, 0.4) is 0 Å². The van der Waals surface area contributed by atoms with E-state index in [1.165, 1.54) is 16.7 Å². The Morgan fingerprint density at radius 1 is 1.03 bits per heavy atom. The lowest BCUT2D eigenvalue weighted by atomic mass is 10.1. The molecule has 1 saturated heterocycles. The number of hydrogen-bond donors (Lipinski definition) is 0. The molecule has 0 atom stereocenters. The molecule has 1 aliphatic heterocycles. The van der Waals surface area contributed by atoms with Gasteiger partial charge in [-0.2, -0.15) is 0 Å². The SMILES string of the molecule is CCOc1cc(/C=C2\SC(=S)N(c3ccc(Cl)cc3Cl)C2=O)cc(I)c1OCc1ccc(Cl)cc1. The van der Waals surface area contributed by atoms with Crippen LogP contribution in [0, 0.1) is 3.57 Å². The van der Waals surface area contributed by atoms with Crippen molar-refractivity contribution in [2.75, 3.05) is 11.5 Å². The normalized spacial score (nSPS) is 14.7. The van der Waals surface area contributed by atoms with Gasteiger partial charge in [0.15, 0.2) is 15.8 Å². The standard InChI is InChI=1S/C25H17Cl3INO3S2/c1-2-32-21-10-15(9-19(29)23(21)33-13-14-3-5-16(26)6-4-14)11-22-24(31)30(25(34)35-22)20-8-7-17(27)12-18(20)28/h3-12H,2,13H2,1H3/b22-11-. The number of hydrogen-bond acceptors (Lipinski definition) is 5. The van der Waals surface area contributed by atoms with E-state index >= 15 is 0 Å². The molecule has 180 valence electrons. The molecule has 0 radical (unpaired) electrons. The molecule has 0 bridgehead atoms. The van der Waals surface area contributed by atoms with Gasteiger partial charge in [-0.1, -0.05) is 70.9 Å². The molecule has 3 aromatic carbocycles. The van der Waals surface area contributed by atoms with Gasteiger partial charge >= 0.3 is 0 Å². The molecule has 0 aliphatic carbocycles. The van der Waals surface area contributed by atoms with Gasteiger partial charge in [-0.25, -0.2) is 0 Å². The van der Waals surface area contributed by atoms with Crippen LogP contribution in [0.1, 0.15) is 18.1 Å². The zero-order valence-electron chi connectivity index (χ0n) is 18.2. The number of amides is 1. The van der Waals surface area contributed by atoms with Crippen LogP contribution in [0.4, 0.5) is 5.69 Å². The van der Waals surface area contributed by atoms with Gasteiger partial charge in [-0.15, -0.1) is 0 Å². The number of nitrogens with zero attached hydrogens (tertiary/aromatic N) is 1. The molecule has 1 fully saturated rings. The van der Waals surface area contributed by atoms with Crippen molar-refractivity contribution in [2.45, 2.75) is 13.5 Å². The third-order valence-electron chi connectivity index (χ3n) is 4.87. The van der Waals surface area contributed by atoms with Crippen molar-refractivity contribution in [3.63, 3.8) is 0 Å². The van der Waals surface area contributed by atoms with Gasteiger partial charge in [-0.05, 0) is 89.2 Å². The van der Waals surface area contributed by atoms with Crippen molar-refractivity contribution in [3.8, 4) is 11.5 Å². The predicted molar refractivity (Wildman–Crippen MR) is 158 cm³/mol. The van der Waals surface area contributed by atoms with E-state index in [4.69, 9.17) is 56.5 Å². The summed E-state index contributed by atoms with van der Waals surface area (Å²) >= 11 is 27.2. The minimum atomic E-state index is -0.250. The average Bonchev–Trinajstić information content (AvgIpc) is 3.07. The maximum atomic E-state index is 13.2. The number of benzene rings is 3. The number of rotatable bonds is 7. The maximum Gasteiger partial charge on any atom is 0.270 e. The zero-order valence-corrected chi connectivity index (χ0v) is 24.2. The molecular weight excluding hydrogens is 660 g/mol. The maximum absolute atomic E-state index is 13.2. The van der Waals surface area contributed by atoms with Crippen molar-refractivity contribution in [3.05, 3.63) is 89.3 Å². The third kappa shape index (κ3) is 6.26. The van der Waals surface area contributed by atoms with Crippen molar-refractivity contribution in [1.82, 2.24) is 0 Å². The van der Waals surface area contributed by atoms with Crippen molar-refractivity contribution < 1.29 is 14.3 Å². The first-order valence-electron chi connectivity index (χ1n) is 10.3. The van der Waals surface area contributed by atoms with Crippen LogP contribution in [-0.4, -0.2) is 16.8 Å². The number of thioether (sulfide) groups is 1. The second kappa shape index (κ2) is 11.7. The van der Waals surface area contributed by atoms with Crippen LogP contribution < -0.4 is 14.4 Å². The molecule has 35 heavy (non-hydrogen) atoms. The van der Waals surface area contributed by atoms with E-state index < -0.39 is 0 Å². The highest BCUT2D eigenvalue weighted by Crippen LogP contribution is 2.41. The summed E-state index contributed by atoms with van der Waals surface area (Å²) in [7, 11) is 0. The van der Waals surface area contributed by atoms with E-state index in [1.54, 1.807) is 24.3 Å². The first-order valence-corrected chi connectivity index (χ1v) is 13.8. The van der Waals surface area contributed by atoms with Crippen LogP contribution in [0.5, 0.6) is 11.5 Å². The van der Waals surface area contributed by atoms with Crippen molar-refractivity contribution in [1.29, 1.82) is 0 Å². The Hall–Kier alpha value is -1.49. The van der Waals surface area contributed by atoms with E-state index in [0.717, 1.165) is 14.7 Å². The highest BCUT2D eigenvalue weighted by molar-refractivity contribution is 14.1. The van der Waals surface area contributed by atoms with Gasteiger partial charge in [0, 0.05) is 10.0 Å². The van der Waals surface area contributed by atoms with Crippen LogP contribution in [0.15, 0.2) is 59.5 Å². The predicted octanol–water partition coefficient (Wildman–Crippen LogP) is 8.63. The zero-order chi connectivity index (χ0) is 25.1. The molecule has 1 heterocycles. The van der Waals surface area contributed by atoms with Crippen LogP contribution in [-0.2, 0) is 11.4 Å². The Morgan fingerprint density at radius 3 is 2.43 bits per heavy atom. The molecule has 0 spiro atoms. The number of carbonyl (C=O) groups excluding carboxylic acids is 1. The molecule has 0 unspecified atom stereocenters. The molecule has 0 aromatic heterocycles. The number of ether oxygens (including phenoxy) is 2. The van der Waals surface area contributed by atoms with Gasteiger partial charge in [-0.3, -0.25) is 9.69 Å². The Labute approximate surface area is 241 Å². The fourth-order valence-corrected chi connectivity index (χ4v) is 5.98. The van der Waals surface area contributed by atoms with Gasteiger partial charge < -0.3 is 9.47 Å². The fourth-order valence-electron chi connectivity index (χ4n) is 3.30. The molecule has 0 saturated carbocycles. The van der Waals surface area contributed by atoms with Crippen LogP contribution in [0.2, 0.25) is 15.1 Å². The molecule has 4 nitrogen and oxygen atoms in total. The number of thiocarbonyl (C=S) groups is 1. The highest BCUT2D eigenvalue weighted by atomic mass is 127. The van der Waals surface area contributed by atoms with Crippen molar-refractivity contribution in [2.24, 2.45) is 0 Å². The molecule has 0 N–H and O–H groups in total. The smallest absolute Gasteiger partial charge is 0.270 e. The number of carbonyl (C=O) groups is 1. The second-order valence-corrected chi connectivity index (χ2v) is 11.4. The number of halogens is 4. The lowest BCUT2D eigenvalue weighted by molar-refractivity contribution is -0.113. The summed E-state index contributed by atoms with van der Waals surface area (Å²) in [6.45, 7) is 2.74. The van der Waals surface area contributed by atoms with Gasteiger partial charge in [0.2, 0.25) is 0 Å². The summed E-state index contributed by atoms with van der Waals surface area (Å²) in [6, 6.07) is 16.2. The molecule has 1 amide bonds. The second-order valence-electron chi connectivity index (χ2n) is 7.29. The number of anilines is 1. The Bertz CT molecular complexity index is 1330. The van der Waals surface area contributed by atoms with Crippen LogP contribution >= 0.6 is 81.4 Å². The molecular formula is C25H17Cl3INO3S2. The van der Waals surface area contributed by atoms with E-state index in [-0.39, 0.29) is 5.91 Å². The first kappa shape index (κ1) is 26.6. The minimum absolute atomic E-state index is 0.250. The fraction of sp³-hybridized carbons (Fsp3) is 0.120. The quantitative estimate of drug-likeness (QED) is 0.142. The summed E-state index contributed by atoms with van der Waals surface area (Å²) in [5.41, 5.74) is 2.28. The third-order valence-corrected chi connectivity index (χ3v) is 7.76. The first-order chi connectivity index (χ1) is 16.8. The van der Waals surface area contributed by atoms with E-state index in [9.17, 15) is 4.79 Å². The lowest BCUT2D eigenvalue weighted by Crippen LogP contribution is -2.27. The summed E-state index contributed by atoms with van der Waals surface area (Å²) in [5, 5.41) is 1.51. The topological polar surface area (TPSA) is 38.8 Å². The summed E-state index contributed by atoms with van der Waals surface area (Å²) in [6.07, 6.45) is 1.79. The molecule has 4 rings (SSSR count). The lowest BCUT2D eigenvalue weighted by Gasteiger charge is -2.16. The minimum Gasteiger partial charge on any atom is -0.490 e. The summed E-state index contributed by atoms with van der Waals surface area (Å²) in [4.78, 5) is 15.1. The Kier molecular flexibility index (Phi) is 8.89. The largest absolute Gasteiger partial charge is 0.490 e. The Balaban J connectivity index is 1.61. The molecule has 1 aliphatic rings. The van der Waals surface area contributed by atoms with Gasteiger partial charge in [0.1, 0.15) is 6.61 Å². The highest BCUT2D eigenvalue weighted by Gasteiger charge is 2.34. The van der Waals surface area contributed by atoms with Crippen LogP contribution in [0.25, 0.3) is 6.08 Å². The molecule has 10 heteroatoms. The summed E-state index contributed by atoms with van der Waals surface area (Å²) < 4.78 is 13.2.